The van der Waals surface area contributed by atoms with Crippen LogP contribution in [0.15, 0.2) is 72.8 Å². The fourth-order valence-corrected chi connectivity index (χ4v) is 5.07. The van der Waals surface area contributed by atoms with Crippen LogP contribution >= 0.6 is 0 Å². The van der Waals surface area contributed by atoms with E-state index in [2.05, 4.69) is 4.72 Å². The zero-order valence-electron chi connectivity index (χ0n) is 17.9. The molecule has 168 valence electrons. The number of carbonyl (C=O) groups excluding carboxylic acids is 1. The second kappa shape index (κ2) is 7.45. The fraction of sp³-hybridized carbons (Fsp3) is 0.160. The second-order valence-corrected chi connectivity index (χ2v) is 10.3. The Morgan fingerprint density at radius 2 is 1.73 bits per heavy atom. The highest BCUT2D eigenvalue weighted by atomic mass is 32.2. The molecule has 33 heavy (non-hydrogen) atoms. The lowest BCUT2D eigenvalue weighted by Gasteiger charge is -2.19. The summed E-state index contributed by atoms with van der Waals surface area (Å²) in [6.07, 6.45) is 2.97. The van der Waals surface area contributed by atoms with Gasteiger partial charge in [0, 0.05) is 16.5 Å². The molecule has 8 heteroatoms. The fourth-order valence-electron chi connectivity index (χ4n) is 4.52. The van der Waals surface area contributed by atoms with Crippen LogP contribution in [0.5, 0.6) is 0 Å². The molecule has 0 bridgehead atoms. The monoisotopic (exact) mass is 463 g/mol. The third kappa shape index (κ3) is 3.87. The van der Waals surface area contributed by atoms with E-state index < -0.39 is 15.9 Å². The Balaban J connectivity index is 1.66. The average molecular weight is 464 g/mol. The largest absolute Gasteiger partial charge is 0.364 e. The van der Waals surface area contributed by atoms with E-state index in [9.17, 15) is 17.6 Å². The van der Waals surface area contributed by atoms with Gasteiger partial charge >= 0.3 is 0 Å². The number of benzene rings is 3. The number of aromatic nitrogens is 1. The first-order chi connectivity index (χ1) is 15.7. The molecular weight excluding hydrogens is 441 g/mol. The Kier molecular flexibility index (Phi) is 4.79. The van der Waals surface area contributed by atoms with Crippen molar-refractivity contribution in [1.29, 1.82) is 0 Å². The summed E-state index contributed by atoms with van der Waals surface area (Å²) in [6.45, 7) is 0. The molecule has 3 N–H and O–H groups in total. The zero-order valence-corrected chi connectivity index (χ0v) is 18.7. The minimum Gasteiger partial charge on any atom is -0.364 e. The van der Waals surface area contributed by atoms with Crippen LogP contribution in [0, 0.1) is 5.82 Å². The number of nitrogens with one attached hydrogen (secondary N) is 1. The molecule has 0 atom stereocenters. The third-order valence-corrected chi connectivity index (χ3v) is 6.77. The molecule has 6 nitrogen and oxygen atoms in total. The number of halogens is 1. The van der Waals surface area contributed by atoms with Crippen molar-refractivity contribution >= 4 is 32.5 Å². The van der Waals surface area contributed by atoms with Crippen molar-refractivity contribution in [2.45, 2.75) is 18.3 Å². The number of hydrogen-bond donors (Lipinski definition) is 2. The quantitative estimate of drug-likeness (QED) is 0.446. The van der Waals surface area contributed by atoms with Crippen molar-refractivity contribution in [2.75, 3.05) is 11.0 Å². The van der Waals surface area contributed by atoms with Gasteiger partial charge in [0.1, 0.15) is 11.5 Å². The summed E-state index contributed by atoms with van der Waals surface area (Å²) >= 11 is 0. The first-order valence-electron chi connectivity index (χ1n) is 10.5. The lowest BCUT2D eigenvalue weighted by atomic mass is 9.88. The van der Waals surface area contributed by atoms with Crippen molar-refractivity contribution in [3.05, 3.63) is 95.4 Å². The van der Waals surface area contributed by atoms with Gasteiger partial charge in [-0.05, 0) is 66.4 Å². The highest BCUT2D eigenvalue weighted by Gasteiger charge is 2.45. The van der Waals surface area contributed by atoms with Gasteiger partial charge in [0.05, 0.1) is 17.5 Å². The number of nitrogens with zero attached hydrogens (tertiary/aromatic N) is 1. The van der Waals surface area contributed by atoms with Crippen molar-refractivity contribution in [3.8, 4) is 5.69 Å². The number of rotatable bonds is 6. The SMILES string of the molecule is CS(=O)(=O)Nc1ccc2cc(C(N)=O)n(-c3cccc(C4(c5ccc(F)cc5)CC4)c3)c2c1. The number of primary amides is 1. The molecular formula is C25H22FN3O3S. The Hall–Kier alpha value is -3.65. The van der Waals surface area contributed by atoms with Crippen molar-refractivity contribution in [1.82, 2.24) is 4.57 Å². The maximum absolute atomic E-state index is 13.5. The maximum Gasteiger partial charge on any atom is 0.265 e. The maximum atomic E-state index is 13.5. The smallest absolute Gasteiger partial charge is 0.265 e. The molecule has 0 unspecified atom stereocenters. The number of anilines is 1. The lowest BCUT2D eigenvalue weighted by Crippen LogP contribution is -2.16. The van der Waals surface area contributed by atoms with Gasteiger partial charge in [0.2, 0.25) is 10.0 Å². The van der Waals surface area contributed by atoms with Crippen LogP contribution in [0.25, 0.3) is 16.6 Å². The Bertz CT molecular complexity index is 1500. The van der Waals surface area contributed by atoms with E-state index in [1.54, 1.807) is 28.8 Å². The molecule has 0 saturated heterocycles. The minimum atomic E-state index is -3.46. The summed E-state index contributed by atoms with van der Waals surface area (Å²) < 4.78 is 41.1. The summed E-state index contributed by atoms with van der Waals surface area (Å²) in [5.41, 5.74) is 9.69. The number of sulfonamides is 1. The summed E-state index contributed by atoms with van der Waals surface area (Å²) in [5.74, 6) is -0.861. The molecule has 1 heterocycles. The third-order valence-electron chi connectivity index (χ3n) is 6.16. The molecule has 1 amide bonds. The second-order valence-electron chi connectivity index (χ2n) is 8.52. The van der Waals surface area contributed by atoms with Gasteiger partial charge in [-0.25, -0.2) is 12.8 Å². The summed E-state index contributed by atoms with van der Waals surface area (Å²) in [4.78, 5) is 12.3. The Morgan fingerprint density at radius 1 is 1.00 bits per heavy atom. The molecule has 1 aliphatic rings. The predicted octanol–water partition coefficient (Wildman–Crippen LogP) is 4.32. The molecule has 5 rings (SSSR count). The average Bonchev–Trinajstić information content (AvgIpc) is 3.48. The molecule has 1 aliphatic carbocycles. The molecule has 4 aromatic rings. The van der Waals surface area contributed by atoms with Gasteiger partial charge in [-0.3, -0.25) is 9.52 Å². The number of nitrogens with two attached hydrogens (primary N) is 1. The van der Waals surface area contributed by atoms with E-state index in [-0.39, 0.29) is 11.2 Å². The van der Waals surface area contributed by atoms with Crippen LogP contribution in [0.4, 0.5) is 10.1 Å². The molecule has 0 radical (unpaired) electrons. The topological polar surface area (TPSA) is 94.2 Å². The van der Waals surface area contributed by atoms with Crippen LogP contribution in [0.1, 0.15) is 34.5 Å². The van der Waals surface area contributed by atoms with E-state index in [0.29, 0.717) is 16.9 Å². The highest BCUT2D eigenvalue weighted by Crippen LogP contribution is 2.53. The van der Waals surface area contributed by atoms with Crippen LogP contribution in [0.2, 0.25) is 0 Å². The Morgan fingerprint density at radius 3 is 2.36 bits per heavy atom. The summed E-state index contributed by atoms with van der Waals surface area (Å²) in [6, 6.07) is 21.2. The number of carbonyl (C=O) groups is 1. The number of fused-ring (bicyclic) bond motifs is 1. The van der Waals surface area contributed by atoms with Crippen LogP contribution in [-0.4, -0.2) is 25.1 Å². The van der Waals surface area contributed by atoms with E-state index >= 15 is 0 Å². The molecule has 1 fully saturated rings. The highest BCUT2D eigenvalue weighted by molar-refractivity contribution is 7.92. The van der Waals surface area contributed by atoms with Crippen molar-refractivity contribution in [3.63, 3.8) is 0 Å². The van der Waals surface area contributed by atoms with E-state index in [4.69, 9.17) is 5.73 Å². The number of amides is 1. The van der Waals surface area contributed by atoms with Crippen LogP contribution in [0.3, 0.4) is 0 Å². The number of hydrogen-bond acceptors (Lipinski definition) is 3. The van der Waals surface area contributed by atoms with Crippen LogP contribution in [-0.2, 0) is 15.4 Å². The van der Waals surface area contributed by atoms with Crippen molar-refractivity contribution < 1.29 is 17.6 Å². The lowest BCUT2D eigenvalue weighted by molar-refractivity contribution is 0.0994. The normalized spacial score (nSPS) is 14.8. The van der Waals surface area contributed by atoms with Gasteiger partial charge < -0.3 is 10.3 Å². The van der Waals surface area contributed by atoms with E-state index in [0.717, 1.165) is 41.3 Å². The van der Waals surface area contributed by atoms with Crippen LogP contribution < -0.4 is 10.5 Å². The molecule has 1 saturated carbocycles. The van der Waals surface area contributed by atoms with Gasteiger partial charge in [-0.2, -0.15) is 0 Å². The minimum absolute atomic E-state index is 0.192. The molecule has 0 spiro atoms. The summed E-state index contributed by atoms with van der Waals surface area (Å²) in [7, 11) is -3.46. The van der Waals surface area contributed by atoms with Gasteiger partial charge in [0.15, 0.2) is 0 Å². The first-order valence-corrected chi connectivity index (χ1v) is 12.4. The van der Waals surface area contributed by atoms with Gasteiger partial charge in [-0.15, -0.1) is 0 Å². The Labute approximate surface area is 190 Å². The predicted molar refractivity (Wildman–Crippen MR) is 127 cm³/mol. The summed E-state index contributed by atoms with van der Waals surface area (Å²) in [5, 5.41) is 0.757. The first kappa shape index (κ1) is 21.2. The van der Waals surface area contributed by atoms with Gasteiger partial charge in [-0.1, -0.05) is 30.3 Å². The standard InChI is InChI=1S/C25H22FN3O3S/c1-33(31,32)28-20-10-5-16-13-23(24(27)30)29(22(16)15-20)21-4-2-3-18(14-21)25(11-12-25)17-6-8-19(26)9-7-17/h2-10,13-15,28H,11-12H2,1H3,(H2,27,30). The molecule has 3 aromatic carbocycles. The van der Waals surface area contributed by atoms with Crippen molar-refractivity contribution in [2.24, 2.45) is 5.73 Å². The van der Waals surface area contributed by atoms with E-state index in [1.165, 1.54) is 12.1 Å². The zero-order chi connectivity index (χ0) is 23.4. The van der Waals surface area contributed by atoms with E-state index in [1.807, 2.05) is 36.4 Å². The van der Waals surface area contributed by atoms with Gasteiger partial charge in [0.25, 0.3) is 5.91 Å². The molecule has 1 aromatic heterocycles. The molecule has 0 aliphatic heterocycles.